The molecule has 2 fully saturated rings. The van der Waals surface area contributed by atoms with Gasteiger partial charge in [0, 0.05) is 32.6 Å². The number of piperidine rings is 1. The number of likely N-dealkylation sites (tertiary alicyclic amines) is 1. The summed E-state index contributed by atoms with van der Waals surface area (Å²) in [5, 5.41) is 13.8. The molecule has 2 aliphatic heterocycles. The summed E-state index contributed by atoms with van der Waals surface area (Å²) in [7, 11) is -2.62. The molecule has 0 bridgehead atoms. The number of sulfonamides is 1. The Labute approximate surface area is 271 Å². The van der Waals surface area contributed by atoms with Gasteiger partial charge in [0.15, 0.2) is 0 Å². The second-order valence-electron chi connectivity index (χ2n) is 12.1. The molecular formula is C35H43N3O7S. The van der Waals surface area contributed by atoms with Crippen molar-refractivity contribution in [2.75, 3.05) is 39.9 Å². The van der Waals surface area contributed by atoms with Gasteiger partial charge >= 0.3 is 5.97 Å². The van der Waals surface area contributed by atoms with Gasteiger partial charge in [-0.25, -0.2) is 13.2 Å². The number of aliphatic hydroxyl groups is 1. The van der Waals surface area contributed by atoms with Crippen molar-refractivity contribution in [3.05, 3.63) is 95.6 Å². The number of nitrogens with one attached hydrogen (secondary N) is 1. The summed E-state index contributed by atoms with van der Waals surface area (Å²) in [5.74, 6) is -0.452. The first kappa shape index (κ1) is 33.6. The predicted molar refractivity (Wildman–Crippen MR) is 174 cm³/mol. The Morgan fingerprint density at radius 1 is 0.978 bits per heavy atom. The lowest BCUT2D eigenvalue weighted by atomic mass is 9.84. The van der Waals surface area contributed by atoms with Crippen LogP contribution in [0, 0.1) is 6.92 Å². The predicted octanol–water partition coefficient (Wildman–Crippen LogP) is 3.41. The Balaban J connectivity index is 1.12. The highest BCUT2D eigenvalue weighted by Crippen LogP contribution is 2.32. The first-order chi connectivity index (χ1) is 22.1. The van der Waals surface area contributed by atoms with Gasteiger partial charge in [0.1, 0.15) is 24.4 Å². The van der Waals surface area contributed by atoms with E-state index in [0.29, 0.717) is 38.0 Å². The van der Waals surface area contributed by atoms with Crippen molar-refractivity contribution < 1.29 is 32.6 Å². The fraction of sp³-hybridized carbons (Fsp3) is 0.429. The normalized spacial score (nSPS) is 19.3. The van der Waals surface area contributed by atoms with Crippen LogP contribution in [0.15, 0.2) is 83.8 Å². The van der Waals surface area contributed by atoms with Crippen LogP contribution in [0.3, 0.4) is 0 Å². The third-order valence-corrected chi connectivity index (χ3v) is 10.9. The molecule has 0 unspecified atom stereocenters. The lowest BCUT2D eigenvalue weighted by molar-refractivity contribution is -0.145. The Morgan fingerprint density at radius 2 is 1.65 bits per heavy atom. The lowest BCUT2D eigenvalue weighted by Gasteiger charge is -2.38. The van der Waals surface area contributed by atoms with Crippen LogP contribution in [0.4, 0.5) is 0 Å². The third-order valence-electron chi connectivity index (χ3n) is 8.97. The average Bonchev–Trinajstić information content (AvgIpc) is 3.58. The van der Waals surface area contributed by atoms with Gasteiger partial charge in [-0.1, -0.05) is 60.2 Å². The minimum Gasteiger partial charge on any atom is -0.492 e. The van der Waals surface area contributed by atoms with E-state index in [4.69, 9.17) is 9.47 Å². The van der Waals surface area contributed by atoms with E-state index in [1.807, 2.05) is 61.5 Å². The number of benzene rings is 3. The van der Waals surface area contributed by atoms with Crippen LogP contribution in [-0.4, -0.2) is 86.6 Å². The first-order valence-corrected chi connectivity index (χ1v) is 17.2. The molecule has 10 nitrogen and oxygen atoms in total. The molecule has 2 aliphatic rings. The number of aryl methyl sites for hydroxylation is 1. The number of esters is 1. The van der Waals surface area contributed by atoms with Crippen molar-refractivity contribution in [1.82, 2.24) is 14.5 Å². The second kappa shape index (κ2) is 14.8. The lowest BCUT2D eigenvalue weighted by Crippen LogP contribution is -2.51. The molecule has 0 aromatic heterocycles. The van der Waals surface area contributed by atoms with Crippen LogP contribution in [0.25, 0.3) is 0 Å². The molecule has 0 radical (unpaired) electrons. The van der Waals surface area contributed by atoms with E-state index in [1.54, 1.807) is 24.3 Å². The molecule has 2 heterocycles. The van der Waals surface area contributed by atoms with Gasteiger partial charge in [-0.2, -0.15) is 4.31 Å². The zero-order valence-corrected chi connectivity index (χ0v) is 27.2. The summed E-state index contributed by atoms with van der Waals surface area (Å²) in [5.41, 5.74) is 1.90. The van der Waals surface area contributed by atoms with E-state index < -0.39 is 39.6 Å². The van der Waals surface area contributed by atoms with Gasteiger partial charge in [0.25, 0.3) is 0 Å². The van der Waals surface area contributed by atoms with Gasteiger partial charge in [0.05, 0.1) is 17.6 Å². The molecule has 0 spiro atoms. The number of ether oxygens (including phenoxy) is 2. The molecule has 3 aromatic carbocycles. The van der Waals surface area contributed by atoms with E-state index in [2.05, 4.69) is 10.2 Å². The minimum atomic E-state index is -3.88. The van der Waals surface area contributed by atoms with Crippen LogP contribution in [0.5, 0.6) is 5.75 Å². The molecule has 2 atom stereocenters. The van der Waals surface area contributed by atoms with Crippen molar-refractivity contribution in [2.24, 2.45) is 0 Å². The Hall–Kier alpha value is -3.77. The van der Waals surface area contributed by atoms with Gasteiger partial charge in [-0.15, -0.1) is 0 Å². The van der Waals surface area contributed by atoms with E-state index in [0.717, 1.165) is 36.3 Å². The number of carbonyl (C=O) groups is 2. The monoisotopic (exact) mass is 649 g/mol. The topological polar surface area (TPSA) is 125 Å². The summed E-state index contributed by atoms with van der Waals surface area (Å²) in [6.07, 6.45) is 2.42. The number of rotatable bonds is 12. The van der Waals surface area contributed by atoms with Crippen molar-refractivity contribution in [1.29, 1.82) is 0 Å². The Morgan fingerprint density at radius 3 is 2.30 bits per heavy atom. The highest BCUT2D eigenvalue weighted by Gasteiger charge is 2.40. The molecule has 0 aliphatic carbocycles. The maximum atomic E-state index is 13.4. The van der Waals surface area contributed by atoms with Crippen LogP contribution in [0.2, 0.25) is 0 Å². The number of amides is 1. The maximum Gasteiger partial charge on any atom is 0.328 e. The van der Waals surface area contributed by atoms with Crippen molar-refractivity contribution >= 4 is 21.9 Å². The zero-order chi connectivity index (χ0) is 32.7. The fourth-order valence-corrected chi connectivity index (χ4v) is 7.83. The zero-order valence-electron chi connectivity index (χ0n) is 26.4. The summed E-state index contributed by atoms with van der Waals surface area (Å²) < 4.78 is 38.8. The van der Waals surface area contributed by atoms with Crippen molar-refractivity contribution in [2.45, 2.75) is 61.6 Å². The second-order valence-corrected chi connectivity index (χ2v) is 14.0. The number of carbonyl (C=O) groups excluding carboxylic acids is 2. The maximum absolute atomic E-state index is 13.4. The van der Waals surface area contributed by atoms with Gasteiger partial charge in [0.2, 0.25) is 15.9 Å². The Bertz CT molecular complexity index is 1570. The van der Waals surface area contributed by atoms with Crippen LogP contribution < -0.4 is 10.1 Å². The first-order valence-electron chi connectivity index (χ1n) is 15.8. The largest absolute Gasteiger partial charge is 0.492 e. The summed E-state index contributed by atoms with van der Waals surface area (Å²) in [4.78, 5) is 28.4. The number of methoxy groups -OCH3 is 1. The molecule has 2 saturated heterocycles. The van der Waals surface area contributed by atoms with E-state index in [9.17, 15) is 23.1 Å². The van der Waals surface area contributed by atoms with Crippen LogP contribution in [-0.2, 0) is 36.4 Å². The smallest absolute Gasteiger partial charge is 0.328 e. The molecule has 3 aromatic rings. The quantitative estimate of drug-likeness (QED) is 0.286. The highest BCUT2D eigenvalue weighted by atomic mass is 32.2. The number of nitrogens with zero attached hydrogens (tertiary/aromatic N) is 2. The number of hydrogen-bond donors (Lipinski definition) is 2. The third kappa shape index (κ3) is 7.95. The molecular weight excluding hydrogens is 606 g/mol. The molecule has 11 heteroatoms. The van der Waals surface area contributed by atoms with E-state index >= 15 is 0 Å². The summed E-state index contributed by atoms with van der Waals surface area (Å²) in [6.45, 7) is 4.90. The molecule has 46 heavy (non-hydrogen) atoms. The summed E-state index contributed by atoms with van der Waals surface area (Å²) in [6, 6.07) is 21.8. The molecule has 246 valence electrons. The highest BCUT2D eigenvalue weighted by molar-refractivity contribution is 7.89. The molecule has 1 amide bonds. The molecule has 2 N–H and O–H groups in total. The summed E-state index contributed by atoms with van der Waals surface area (Å²) >= 11 is 0. The SMILES string of the molecule is COC(=O)[C@H](Cc1ccc(OCCN2CCC(O)(c3ccccc3)CC2)cc1)NC(=O)[C@@H]1CCCN1S(=O)(=O)c1ccc(C)cc1. The minimum absolute atomic E-state index is 0.135. The van der Waals surface area contributed by atoms with Crippen molar-refractivity contribution in [3.63, 3.8) is 0 Å². The van der Waals surface area contributed by atoms with Gasteiger partial charge in [-0.05, 0) is 68.0 Å². The van der Waals surface area contributed by atoms with Crippen molar-refractivity contribution in [3.8, 4) is 5.75 Å². The average molecular weight is 650 g/mol. The standard InChI is InChI=1S/C35H43N3O7S/c1-26-10-16-30(17-11-26)46(42,43)38-20-6-9-32(38)33(39)36-31(34(40)44-2)25-27-12-14-29(15-13-27)45-24-23-37-21-18-35(41,19-22-37)28-7-4-3-5-8-28/h3-5,7-8,10-17,31-32,41H,6,9,18-25H2,1-2H3,(H,36,39)/t31-,32-/m0/s1. The van der Waals surface area contributed by atoms with Crippen LogP contribution in [0.1, 0.15) is 42.4 Å². The van der Waals surface area contributed by atoms with Gasteiger partial charge in [-0.3, -0.25) is 9.69 Å². The molecule has 5 rings (SSSR count). The van der Waals surface area contributed by atoms with E-state index in [1.165, 1.54) is 11.4 Å². The van der Waals surface area contributed by atoms with E-state index in [-0.39, 0.29) is 17.9 Å². The van der Waals surface area contributed by atoms with Gasteiger partial charge < -0.3 is 19.9 Å². The fourth-order valence-electron chi connectivity index (χ4n) is 6.17. The Kier molecular flexibility index (Phi) is 10.8. The number of hydrogen-bond acceptors (Lipinski definition) is 8. The molecule has 0 saturated carbocycles. The van der Waals surface area contributed by atoms with Crippen LogP contribution >= 0.6 is 0 Å².